The molecule has 144 valence electrons. The van der Waals surface area contributed by atoms with Crippen molar-refractivity contribution in [3.8, 4) is 0 Å². The largest absolute Gasteiger partial charge is 0.390 e. The van der Waals surface area contributed by atoms with E-state index >= 15 is 0 Å². The van der Waals surface area contributed by atoms with Crippen LogP contribution in [0, 0.1) is 0 Å². The average Bonchev–Trinajstić information content (AvgIpc) is 2.69. The highest BCUT2D eigenvalue weighted by molar-refractivity contribution is 7.99. The lowest BCUT2D eigenvalue weighted by Gasteiger charge is -2.30. The average molecular weight is 388 g/mol. The Hall–Kier alpha value is -1.93. The zero-order chi connectivity index (χ0) is 19.1. The zero-order valence-corrected chi connectivity index (χ0v) is 16.3. The Labute approximate surface area is 164 Å². The Kier molecular flexibility index (Phi) is 7.23. The first-order valence-corrected chi connectivity index (χ1v) is 9.86. The minimum atomic E-state index is -0.598. The van der Waals surface area contributed by atoms with Crippen LogP contribution in [0.2, 0.25) is 0 Å². The van der Waals surface area contributed by atoms with Crippen molar-refractivity contribution in [1.29, 1.82) is 0 Å². The van der Waals surface area contributed by atoms with E-state index in [1.165, 1.54) is 11.8 Å². The van der Waals surface area contributed by atoms with E-state index in [0.29, 0.717) is 30.3 Å². The lowest BCUT2D eigenvalue weighted by atomic mass is 10.2. The molecule has 1 N–H and O–H groups in total. The zero-order valence-electron chi connectivity index (χ0n) is 15.5. The molecule has 1 aliphatic heterocycles. The van der Waals surface area contributed by atoms with Crippen molar-refractivity contribution in [1.82, 2.24) is 14.8 Å². The van der Waals surface area contributed by atoms with Gasteiger partial charge in [0.05, 0.1) is 24.9 Å². The normalized spacial score (nSPS) is 16.1. The van der Waals surface area contributed by atoms with Crippen molar-refractivity contribution in [2.75, 3.05) is 46.4 Å². The second kappa shape index (κ2) is 9.85. The molecule has 1 atom stereocenters. The summed E-state index contributed by atoms with van der Waals surface area (Å²) < 4.78 is 5.32. The van der Waals surface area contributed by atoms with Gasteiger partial charge in [-0.3, -0.25) is 9.69 Å². The van der Waals surface area contributed by atoms with E-state index in [4.69, 9.17) is 4.74 Å². The number of aromatic nitrogens is 1. The Morgan fingerprint density at radius 2 is 2.00 bits per heavy atom. The highest BCUT2D eigenvalue weighted by Gasteiger charge is 2.21. The number of amides is 1. The fourth-order valence-corrected chi connectivity index (χ4v) is 3.87. The number of morpholine rings is 1. The second-order valence-corrected chi connectivity index (χ2v) is 7.59. The topological polar surface area (TPSA) is 65.9 Å². The van der Waals surface area contributed by atoms with Crippen molar-refractivity contribution < 1.29 is 14.6 Å². The van der Waals surface area contributed by atoms with Crippen LogP contribution in [0.4, 0.5) is 0 Å². The van der Waals surface area contributed by atoms with Gasteiger partial charge in [0.25, 0.3) is 5.91 Å². The third-order valence-corrected chi connectivity index (χ3v) is 5.39. The quantitative estimate of drug-likeness (QED) is 0.784. The number of aliphatic hydroxyl groups excluding tert-OH is 1. The van der Waals surface area contributed by atoms with Gasteiger partial charge in [-0.25, -0.2) is 4.98 Å². The summed E-state index contributed by atoms with van der Waals surface area (Å²) in [5.74, 6) is -0.137. The molecule has 1 aromatic heterocycles. The Bertz CT molecular complexity index is 738. The predicted molar refractivity (Wildman–Crippen MR) is 105 cm³/mol. The summed E-state index contributed by atoms with van der Waals surface area (Å²) in [6.07, 6.45) is 1.09. The molecule has 0 aliphatic carbocycles. The molecule has 6 nitrogen and oxygen atoms in total. The number of aliphatic hydroxyl groups is 1. The van der Waals surface area contributed by atoms with Gasteiger partial charge in [-0.05, 0) is 24.3 Å². The van der Waals surface area contributed by atoms with Gasteiger partial charge in [-0.15, -0.1) is 0 Å². The van der Waals surface area contributed by atoms with Gasteiger partial charge < -0.3 is 14.7 Å². The number of benzene rings is 1. The maximum Gasteiger partial charge on any atom is 0.256 e. The van der Waals surface area contributed by atoms with E-state index in [-0.39, 0.29) is 12.5 Å². The van der Waals surface area contributed by atoms with Gasteiger partial charge in [-0.1, -0.05) is 30.0 Å². The van der Waals surface area contributed by atoms with Crippen LogP contribution >= 0.6 is 11.8 Å². The number of carbonyl (C=O) groups excluding carboxylic acids is 1. The third kappa shape index (κ3) is 5.77. The Balaban J connectivity index is 1.62. The molecule has 1 aliphatic rings. The molecule has 7 heteroatoms. The van der Waals surface area contributed by atoms with Crippen molar-refractivity contribution in [3.05, 3.63) is 54.2 Å². The third-order valence-electron chi connectivity index (χ3n) is 4.36. The number of likely N-dealkylation sites (N-methyl/N-ethyl adjacent to an activating group) is 1. The molecule has 1 saturated heterocycles. The minimum Gasteiger partial charge on any atom is -0.390 e. The van der Waals surface area contributed by atoms with Gasteiger partial charge in [-0.2, -0.15) is 0 Å². The predicted octanol–water partition coefficient (Wildman–Crippen LogP) is 2.00. The molecular formula is C20H25N3O3S. The summed E-state index contributed by atoms with van der Waals surface area (Å²) in [5, 5.41) is 11.0. The lowest BCUT2D eigenvalue weighted by Crippen LogP contribution is -2.45. The van der Waals surface area contributed by atoms with E-state index < -0.39 is 6.10 Å². The highest BCUT2D eigenvalue weighted by Crippen LogP contribution is 2.28. The molecule has 2 aromatic rings. The monoisotopic (exact) mass is 387 g/mol. The molecule has 0 spiro atoms. The van der Waals surface area contributed by atoms with E-state index in [1.54, 1.807) is 30.3 Å². The van der Waals surface area contributed by atoms with E-state index in [1.807, 2.05) is 30.3 Å². The van der Waals surface area contributed by atoms with Crippen LogP contribution in [0.25, 0.3) is 0 Å². The summed E-state index contributed by atoms with van der Waals surface area (Å²) in [6.45, 7) is 3.83. The van der Waals surface area contributed by atoms with Crippen LogP contribution in [0.1, 0.15) is 10.4 Å². The van der Waals surface area contributed by atoms with Crippen LogP contribution in [0.15, 0.2) is 58.6 Å². The summed E-state index contributed by atoms with van der Waals surface area (Å²) >= 11 is 1.46. The number of pyridine rings is 1. The van der Waals surface area contributed by atoms with Crippen LogP contribution in [-0.2, 0) is 4.74 Å². The summed E-state index contributed by atoms with van der Waals surface area (Å²) in [6, 6.07) is 13.4. The Morgan fingerprint density at radius 3 is 2.74 bits per heavy atom. The first-order valence-electron chi connectivity index (χ1n) is 9.05. The van der Waals surface area contributed by atoms with Crippen LogP contribution < -0.4 is 0 Å². The molecule has 0 radical (unpaired) electrons. The minimum absolute atomic E-state index is 0.137. The van der Waals surface area contributed by atoms with Crippen LogP contribution in [0.3, 0.4) is 0 Å². The van der Waals surface area contributed by atoms with Gasteiger partial charge in [0.15, 0.2) is 0 Å². The number of rotatable bonds is 7. The highest BCUT2D eigenvalue weighted by atomic mass is 32.2. The van der Waals surface area contributed by atoms with Gasteiger partial charge in [0.1, 0.15) is 5.03 Å². The van der Waals surface area contributed by atoms with Crippen LogP contribution in [-0.4, -0.2) is 78.3 Å². The SMILES string of the molecule is CN(CC(O)CN1CCOCC1)C(=O)c1cccnc1Sc1ccccc1. The van der Waals surface area contributed by atoms with Crippen molar-refractivity contribution >= 4 is 17.7 Å². The Morgan fingerprint density at radius 1 is 1.26 bits per heavy atom. The molecule has 27 heavy (non-hydrogen) atoms. The fraction of sp³-hybridized carbons (Fsp3) is 0.400. The van der Waals surface area contributed by atoms with E-state index in [9.17, 15) is 9.90 Å². The molecule has 1 aromatic carbocycles. The number of ether oxygens (including phenoxy) is 1. The standard InChI is InChI=1S/C20H25N3O3S/c1-22(14-16(24)15-23-10-12-26-13-11-23)20(25)18-8-5-9-21-19(18)27-17-6-3-2-4-7-17/h2-9,16,24H,10-15H2,1H3. The second-order valence-electron chi connectivity index (χ2n) is 6.52. The molecule has 0 bridgehead atoms. The first kappa shape index (κ1) is 19.8. The summed E-state index contributed by atoms with van der Waals surface area (Å²) in [5.41, 5.74) is 0.549. The van der Waals surface area contributed by atoms with Crippen molar-refractivity contribution in [3.63, 3.8) is 0 Å². The number of nitrogens with zero attached hydrogens (tertiary/aromatic N) is 3. The maximum atomic E-state index is 12.9. The van der Waals surface area contributed by atoms with Crippen molar-refractivity contribution in [2.45, 2.75) is 16.0 Å². The first-order chi connectivity index (χ1) is 13.1. The smallest absolute Gasteiger partial charge is 0.256 e. The molecule has 1 amide bonds. The van der Waals surface area contributed by atoms with E-state index in [2.05, 4.69) is 9.88 Å². The van der Waals surface area contributed by atoms with E-state index in [0.717, 1.165) is 18.0 Å². The van der Waals surface area contributed by atoms with Crippen LogP contribution in [0.5, 0.6) is 0 Å². The van der Waals surface area contributed by atoms with Gasteiger partial charge >= 0.3 is 0 Å². The molecule has 0 saturated carbocycles. The van der Waals surface area contributed by atoms with Gasteiger partial charge in [0, 0.05) is 44.3 Å². The molecule has 2 heterocycles. The number of carbonyl (C=O) groups is 1. The fourth-order valence-electron chi connectivity index (χ4n) is 2.98. The summed E-state index contributed by atoms with van der Waals surface area (Å²) in [7, 11) is 1.72. The lowest BCUT2D eigenvalue weighted by molar-refractivity contribution is 0.00875. The molecular weight excluding hydrogens is 362 g/mol. The number of β-amino-alcohol motifs (C(OH)–C–C–N with tert-alkyl or cyclic N) is 1. The summed E-state index contributed by atoms with van der Waals surface area (Å²) in [4.78, 5) is 22.0. The maximum absolute atomic E-state index is 12.9. The molecule has 1 fully saturated rings. The van der Waals surface area contributed by atoms with Crippen molar-refractivity contribution in [2.24, 2.45) is 0 Å². The molecule has 3 rings (SSSR count). The number of hydrogen-bond acceptors (Lipinski definition) is 6. The number of hydrogen-bond donors (Lipinski definition) is 1. The van der Waals surface area contributed by atoms with Gasteiger partial charge in [0.2, 0.25) is 0 Å². The molecule has 1 unspecified atom stereocenters.